The van der Waals surface area contributed by atoms with Gasteiger partial charge in [-0.3, -0.25) is 24.0 Å². The van der Waals surface area contributed by atoms with Crippen LogP contribution < -0.4 is 33.2 Å². The molecule has 1 heterocycles. The lowest BCUT2D eigenvalue weighted by molar-refractivity contribution is -0.145. The fourth-order valence-electron chi connectivity index (χ4n) is 3.00. The van der Waals surface area contributed by atoms with Crippen molar-refractivity contribution < 1.29 is 39.0 Å². The average molecular weight is 513 g/mol. The van der Waals surface area contributed by atoms with Crippen LogP contribution in [0, 0.1) is 0 Å². The number of aliphatic hydroxyl groups excluding tert-OH is 1. The first-order valence-electron chi connectivity index (χ1n) is 10.9. The number of carboxylic acids is 1. The van der Waals surface area contributed by atoms with Gasteiger partial charge in [0.1, 0.15) is 12.1 Å². The van der Waals surface area contributed by atoms with Gasteiger partial charge < -0.3 is 48.3 Å². The van der Waals surface area contributed by atoms with E-state index in [9.17, 15) is 39.0 Å². The van der Waals surface area contributed by atoms with E-state index in [0.717, 1.165) is 6.92 Å². The number of carbonyl (C=O) groups excluding carboxylic acids is 5. The molecule has 1 rings (SSSR count). The summed E-state index contributed by atoms with van der Waals surface area (Å²) in [5.74, 6) is -5.60. The van der Waals surface area contributed by atoms with Crippen LogP contribution in [0.5, 0.6) is 0 Å². The number of hydrogen-bond acceptors (Lipinski definition) is 9. The maximum absolute atomic E-state index is 13.1. The Morgan fingerprint density at radius 1 is 0.944 bits per heavy atom. The molecule has 0 aliphatic heterocycles. The number of hydrogen-bond donors (Lipinski definition) is 9. The number of amides is 5. The van der Waals surface area contributed by atoms with E-state index in [1.165, 1.54) is 12.5 Å². The van der Waals surface area contributed by atoms with Crippen LogP contribution in [-0.4, -0.2) is 86.0 Å². The van der Waals surface area contributed by atoms with Crippen molar-refractivity contribution in [2.24, 2.45) is 17.2 Å². The van der Waals surface area contributed by atoms with E-state index in [1.54, 1.807) is 0 Å². The first-order valence-corrected chi connectivity index (χ1v) is 10.9. The van der Waals surface area contributed by atoms with Crippen LogP contribution in [0.3, 0.4) is 0 Å². The zero-order valence-electron chi connectivity index (χ0n) is 19.6. The van der Waals surface area contributed by atoms with Crippen LogP contribution in [0.25, 0.3) is 0 Å². The van der Waals surface area contributed by atoms with Gasteiger partial charge in [-0.25, -0.2) is 9.78 Å². The highest BCUT2D eigenvalue weighted by atomic mass is 16.4. The number of imidazole rings is 1. The molecule has 16 heteroatoms. The predicted octanol–water partition coefficient (Wildman–Crippen LogP) is -4.27. The number of primary amides is 2. The van der Waals surface area contributed by atoms with Gasteiger partial charge in [-0.15, -0.1) is 0 Å². The molecule has 5 amide bonds. The van der Waals surface area contributed by atoms with Crippen molar-refractivity contribution in [3.63, 3.8) is 0 Å². The summed E-state index contributed by atoms with van der Waals surface area (Å²) >= 11 is 0. The van der Waals surface area contributed by atoms with Crippen molar-refractivity contribution >= 4 is 35.5 Å². The molecule has 0 aromatic carbocycles. The van der Waals surface area contributed by atoms with E-state index in [0.29, 0.717) is 5.69 Å². The van der Waals surface area contributed by atoms with Crippen LogP contribution in [-0.2, 0) is 35.2 Å². The number of rotatable bonds is 16. The summed E-state index contributed by atoms with van der Waals surface area (Å²) in [6.45, 7) is 1.15. The average Bonchev–Trinajstić information content (AvgIpc) is 3.30. The third-order valence-electron chi connectivity index (χ3n) is 5.01. The standard InChI is InChI=1S/C20H32N8O8/c1-9(29)16(20(35)36)28-18(33)12(3-5-15(23)31)26-19(34)13(6-10-7-24-8-25-10)27-17(32)11(21)2-4-14(22)30/h7-9,11-13,16,29H,2-6,21H2,1H3,(H2,22,30)(H2,23,31)(H,24,25)(H,26,34)(H,27,32)(H,28,33)(H,35,36). The second-order valence-corrected chi connectivity index (χ2v) is 8.08. The summed E-state index contributed by atoms with van der Waals surface area (Å²) < 4.78 is 0. The zero-order chi connectivity index (χ0) is 27.4. The van der Waals surface area contributed by atoms with E-state index in [1.807, 2.05) is 0 Å². The molecule has 0 spiro atoms. The number of nitrogens with one attached hydrogen (secondary N) is 4. The second kappa shape index (κ2) is 14.4. The summed E-state index contributed by atoms with van der Waals surface area (Å²) in [7, 11) is 0. The molecule has 0 bridgehead atoms. The van der Waals surface area contributed by atoms with E-state index in [-0.39, 0.29) is 32.1 Å². The minimum Gasteiger partial charge on any atom is -0.480 e. The summed E-state index contributed by atoms with van der Waals surface area (Å²) in [6, 6.07) is -5.57. The molecular weight excluding hydrogens is 480 g/mol. The largest absolute Gasteiger partial charge is 0.480 e. The van der Waals surface area contributed by atoms with Crippen molar-refractivity contribution in [2.75, 3.05) is 0 Å². The first kappa shape index (κ1) is 30.0. The lowest BCUT2D eigenvalue weighted by atomic mass is 10.1. The van der Waals surface area contributed by atoms with Gasteiger partial charge in [-0.2, -0.15) is 0 Å². The molecule has 0 aliphatic rings. The minimum atomic E-state index is -1.69. The highest BCUT2D eigenvalue weighted by molar-refractivity contribution is 5.94. The fourth-order valence-corrected chi connectivity index (χ4v) is 3.00. The number of carboxylic acid groups (broad SMARTS) is 1. The third-order valence-corrected chi connectivity index (χ3v) is 5.01. The monoisotopic (exact) mass is 512 g/mol. The van der Waals surface area contributed by atoms with E-state index < -0.39 is 65.8 Å². The number of aromatic nitrogens is 2. The Kier molecular flexibility index (Phi) is 12.0. The number of aliphatic hydroxyl groups is 1. The number of aliphatic carboxylic acids is 1. The topological polar surface area (TPSA) is 286 Å². The third kappa shape index (κ3) is 10.5. The van der Waals surface area contributed by atoms with Crippen LogP contribution in [0.15, 0.2) is 12.5 Å². The number of nitrogens with zero attached hydrogens (tertiary/aromatic N) is 1. The van der Waals surface area contributed by atoms with E-state index in [4.69, 9.17) is 17.2 Å². The van der Waals surface area contributed by atoms with Gasteiger partial charge in [0.25, 0.3) is 0 Å². The Balaban J connectivity index is 3.07. The number of carbonyl (C=O) groups is 6. The Labute approximate surface area is 205 Å². The van der Waals surface area contributed by atoms with Crippen LogP contribution in [0.4, 0.5) is 0 Å². The maximum Gasteiger partial charge on any atom is 0.328 e. The highest BCUT2D eigenvalue weighted by Gasteiger charge is 2.32. The van der Waals surface area contributed by atoms with Gasteiger partial charge in [0.05, 0.1) is 18.5 Å². The fraction of sp³-hybridized carbons (Fsp3) is 0.550. The van der Waals surface area contributed by atoms with Crippen molar-refractivity contribution in [2.45, 2.75) is 69.3 Å². The Morgan fingerprint density at radius 2 is 1.50 bits per heavy atom. The quantitative estimate of drug-likeness (QED) is 0.103. The second-order valence-electron chi connectivity index (χ2n) is 8.08. The van der Waals surface area contributed by atoms with Crippen molar-refractivity contribution in [3.05, 3.63) is 18.2 Å². The molecule has 200 valence electrons. The molecule has 5 unspecified atom stereocenters. The smallest absolute Gasteiger partial charge is 0.328 e. The molecule has 0 radical (unpaired) electrons. The van der Waals surface area contributed by atoms with E-state index >= 15 is 0 Å². The van der Waals surface area contributed by atoms with Gasteiger partial charge >= 0.3 is 5.97 Å². The highest BCUT2D eigenvalue weighted by Crippen LogP contribution is 2.05. The zero-order valence-corrected chi connectivity index (χ0v) is 19.6. The lowest BCUT2D eigenvalue weighted by Gasteiger charge is -2.25. The summed E-state index contributed by atoms with van der Waals surface area (Å²) in [4.78, 5) is 78.4. The first-order chi connectivity index (χ1) is 16.8. The molecule has 1 aromatic heterocycles. The molecule has 0 saturated heterocycles. The maximum atomic E-state index is 13.1. The molecular formula is C20H32N8O8. The number of H-pyrrole nitrogens is 1. The number of aromatic amines is 1. The SMILES string of the molecule is CC(O)C(NC(=O)C(CCC(N)=O)NC(=O)C(Cc1cnc[nH]1)NC(=O)C(N)CCC(N)=O)C(=O)O. The Hall–Kier alpha value is -4.05. The van der Waals surface area contributed by atoms with Gasteiger partial charge in [0.2, 0.25) is 29.5 Å². The Bertz CT molecular complexity index is 936. The molecule has 12 N–H and O–H groups in total. The normalized spacial score (nSPS) is 15.0. The van der Waals surface area contributed by atoms with Gasteiger partial charge in [-0.05, 0) is 19.8 Å². The van der Waals surface area contributed by atoms with Crippen molar-refractivity contribution in [1.82, 2.24) is 25.9 Å². The predicted molar refractivity (Wildman–Crippen MR) is 122 cm³/mol. The summed E-state index contributed by atoms with van der Waals surface area (Å²) in [5.41, 5.74) is 16.4. The van der Waals surface area contributed by atoms with Gasteiger partial charge in [0.15, 0.2) is 6.04 Å². The van der Waals surface area contributed by atoms with Crippen LogP contribution in [0.1, 0.15) is 38.3 Å². The molecule has 0 fully saturated rings. The Morgan fingerprint density at radius 3 is 2.00 bits per heavy atom. The molecule has 0 aliphatic carbocycles. The molecule has 5 atom stereocenters. The lowest BCUT2D eigenvalue weighted by Crippen LogP contribution is -2.58. The van der Waals surface area contributed by atoms with Crippen molar-refractivity contribution in [1.29, 1.82) is 0 Å². The van der Waals surface area contributed by atoms with Crippen LogP contribution >= 0.6 is 0 Å². The van der Waals surface area contributed by atoms with Gasteiger partial charge in [-0.1, -0.05) is 0 Å². The van der Waals surface area contributed by atoms with Crippen molar-refractivity contribution in [3.8, 4) is 0 Å². The molecule has 1 aromatic rings. The number of nitrogens with two attached hydrogens (primary N) is 3. The summed E-state index contributed by atoms with van der Waals surface area (Å²) in [6.07, 6.45) is 0.326. The van der Waals surface area contributed by atoms with Gasteiger partial charge in [0, 0.05) is 31.2 Å². The molecule has 16 nitrogen and oxygen atoms in total. The minimum absolute atomic E-state index is 0.0703. The molecule has 0 saturated carbocycles. The van der Waals surface area contributed by atoms with E-state index in [2.05, 4.69) is 25.9 Å². The van der Waals surface area contributed by atoms with Crippen LogP contribution in [0.2, 0.25) is 0 Å². The molecule has 36 heavy (non-hydrogen) atoms. The summed E-state index contributed by atoms with van der Waals surface area (Å²) in [5, 5.41) is 25.7.